The van der Waals surface area contributed by atoms with Crippen LogP contribution in [0.2, 0.25) is 0 Å². The molecule has 0 saturated heterocycles. The second-order valence-electron chi connectivity index (χ2n) is 4.69. The van der Waals surface area contributed by atoms with Gasteiger partial charge in [0.2, 0.25) is 0 Å². The quantitative estimate of drug-likeness (QED) is 0.820. The van der Waals surface area contributed by atoms with Crippen molar-refractivity contribution in [2.75, 3.05) is 17.2 Å². The van der Waals surface area contributed by atoms with Crippen molar-refractivity contribution in [2.45, 2.75) is 13.0 Å². The summed E-state index contributed by atoms with van der Waals surface area (Å²) >= 11 is 0. The van der Waals surface area contributed by atoms with Crippen molar-refractivity contribution >= 4 is 11.4 Å². The Morgan fingerprint density at radius 1 is 1.11 bits per heavy atom. The van der Waals surface area contributed by atoms with E-state index in [4.69, 9.17) is 5.73 Å². The monoisotopic (exact) mass is 242 g/mol. The maximum Gasteiger partial charge on any atom is 0.123 e. The van der Waals surface area contributed by atoms with Crippen LogP contribution in [0.25, 0.3) is 0 Å². The summed E-state index contributed by atoms with van der Waals surface area (Å²) in [6.45, 7) is 1.80. The minimum Gasteiger partial charge on any atom is -0.399 e. The van der Waals surface area contributed by atoms with Gasteiger partial charge in [0.1, 0.15) is 5.82 Å². The van der Waals surface area contributed by atoms with E-state index in [0.717, 1.165) is 30.8 Å². The van der Waals surface area contributed by atoms with E-state index in [1.54, 1.807) is 0 Å². The van der Waals surface area contributed by atoms with Crippen molar-refractivity contribution in [1.82, 2.24) is 0 Å². The van der Waals surface area contributed by atoms with Crippen LogP contribution in [-0.2, 0) is 13.0 Å². The fourth-order valence-electron chi connectivity index (χ4n) is 2.44. The molecule has 0 unspecified atom stereocenters. The molecule has 1 aliphatic rings. The van der Waals surface area contributed by atoms with Gasteiger partial charge in [0.05, 0.1) is 0 Å². The van der Waals surface area contributed by atoms with Gasteiger partial charge in [0.25, 0.3) is 0 Å². The minimum atomic E-state index is -0.190. The van der Waals surface area contributed by atoms with Crippen LogP contribution in [0, 0.1) is 5.82 Å². The Labute approximate surface area is 106 Å². The first kappa shape index (κ1) is 11.1. The standard InChI is InChI=1S/C15H15FN2/c16-13-4-1-11(2-5-13)10-18-8-7-12-3-6-14(17)9-15(12)18/h1-6,9H,7-8,10,17H2. The fraction of sp³-hybridized carbons (Fsp3) is 0.200. The van der Waals surface area contributed by atoms with Crippen molar-refractivity contribution in [3.8, 4) is 0 Å². The normalized spacial score (nSPS) is 13.7. The highest BCUT2D eigenvalue weighted by Crippen LogP contribution is 2.31. The number of nitrogen functional groups attached to an aromatic ring is 1. The topological polar surface area (TPSA) is 29.3 Å². The second-order valence-corrected chi connectivity index (χ2v) is 4.69. The average Bonchev–Trinajstić information content (AvgIpc) is 2.75. The van der Waals surface area contributed by atoms with Crippen LogP contribution in [0.15, 0.2) is 42.5 Å². The molecule has 0 saturated carbocycles. The van der Waals surface area contributed by atoms with Crippen molar-refractivity contribution in [2.24, 2.45) is 0 Å². The molecule has 0 atom stereocenters. The SMILES string of the molecule is Nc1ccc2c(c1)N(Cc1ccc(F)cc1)CC2. The summed E-state index contributed by atoms with van der Waals surface area (Å²) in [7, 11) is 0. The molecule has 92 valence electrons. The number of hydrogen-bond acceptors (Lipinski definition) is 2. The van der Waals surface area contributed by atoms with E-state index in [2.05, 4.69) is 11.0 Å². The van der Waals surface area contributed by atoms with E-state index in [0.29, 0.717) is 0 Å². The molecule has 2 N–H and O–H groups in total. The van der Waals surface area contributed by atoms with E-state index < -0.39 is 0 Å². The van der Waals surface area contributed by atoms with Crippen LogP contribution >= 0.6 is 0 Å². The number of anilines is 2. The molecule has 0 fully saturated rings. The van der Waals surface area contributed by atoms with Crippen LogP contribution in [0.3, 0.4) is 0 Å². The molecular formula is C15H15FN2. The van der Waals surface area contributed by atoms with Crippen molar-refractivity contribution < 1.29 is 4.39 Å². The summed E-state index contributed by atoms with van der Waals surface area (Å²) < 4.78 is 12.9. The molecule has 1 aliphatic heterocycles. The minimum absolute atomic E-state index is 0.190. The van der Waals surface area contributed by atoms with Crippen LogP contribution in [0.1, 0.15) is 11.1 Å². The zero-order valence-electron chi connectivity index (χ0n) is 10.1. The van der Waals surface area contributed by atoms with Gasteiger partial charge in [-0.1, -0.05) is 18.2 Å². The Kier molecular flexibility index (Phi) is 2.67. The first-order chi connectivity index (χ1) is 8.72. The first-order valence-corrected chi connectivity index (χ1v) is 6.10. The molecule has 18 heavy (non-hydrogen) atoms. The average molecular weight is 242 g/mol. The summed E-state index contributed by atoms with van der Waals surface area (Å²) in [5, 5.41) is 0. The molecule has 2 aromatic rings. The largest absolute Gasteiger partial charge is 0.399 e. The summed E-state index contributed by atoms with van der Waals surface area (Å²) in [5.74, 6) is -0.190. The summed E-state index contributed by atoms with van der Waals surface area (Å²) in [6, 6.07) is 12.7. The van der Waals surface area contributed by atoms with Gasteiger partial charge < -0.3 is 10.6 Å². The highest BCUT2D eigenvalue weighted by Gasteiger charge is 2.18. The smallest absolute Gasteiger partial charge is 0.123 e. The lowest BCUT2D eigenvalue weighted by Gasteiger charge is -2.19. The lowest BCUT2D eigenvalue weighted by atomic mass is 10.1. The Morgan fingerprint density at radius 3 is 2.67 bits per heavy atom. The van der Waals surface area contributed by atoms with E-state index in [9.17, 15) is 4.39 Å². The maximum atomic E-state index is 12.9. The number of fused-ring (bicyclic) bond motifs is 1. The molecule has 0 aromatic heterocycles. The molecule has 1 heterocycles. The number of nitrogens with zero attached hydrogens (tertiary/aromatic N) is 1. The molecule has 0 aliphatic carbocycles. The van der Waals surface area contributed by atoms with Gasteiger partial charge in [-0.15, -0.1) is 0 Å². The zero-order valence-corrected chi connectivity index (χ0v) is 10.1. The zero-order chi connectivity index (χ0) is 12.5. The number of rotatable bonds is 2. The fourth-order valence-corrected chi connectivity index (χ4v) is 2.44. The van der Waals surface area contributed by atoms with Crippen LogP contribution in [-0.4, -0.2) is 6.54 Å². The number of benzene rings is 2. The van der Waals surface area contributed by atoms with Gasteiger partial charge in [0.15, 0.2) is 0 Å². The third-order valence-electron chi connectivity index (χ3n) is 3.39. The first-order valence-electron chi connectivity index (χ1n) is 6.10. The summed E-state index contributed by atoms with van der Waals surface area (Å²) in [6.07, 6.45) is 1.05. The van der Waals surface area contributed by atoms with Gasteiger partial charge >= 0.3 is 0 Å². The Bertz CT molecular complexity index is 563. The molecule has 2 nitrogen and oxygen atoms in total. The van der Waals surface area contributed by atoms with Gasteiger partial charge in [-0.3, -0.25) is 0 Å². The van der Waals surface area contributed by atoms with Gasteiger partial charge in [-0.25, -0.2) is 4.39 Å². The molecule has 0 amide bonds. The predicted molar refractivity (Wildman–Crippen MR) is 72.0 cm³/mol. The Balaban J connectivity index is 1.84. The Morgan fingerprint density at radius 2 is 1.89 bits per heavy atom. The van der Waals surface area contributed by atoms with Crippen LogP contribution in [0.5, 0.6) is 0 Å². The lowest BCUT2D eigenvalue weighted by Crippen LogP contribution is -2.19. The van der Waals surface area contributed by atoms with Crippen molar-refractivity contribution in [3.63, 3.8) is 0 Å². The highest BCUT2D eigenvalue weighted by molar-refractivity contribution is 5.64. The molecule has 3 heteroatoms. The van der Waals surface area contributed by atoms with Crippen molar-refractivity contribution in [1.29, 1.82) is 0 Å². The highest BCUT2D eigenvalue weighted by atomic mass is 19.1. The third kappa shape index (κ3) is 2.04. The van der Waals surface area contributed by atoms with Crippen LogP contribution in [0.4, 0.5) is 15.8 Å². The predicted octanol–water partition coefficient (Wildman–Crippen LogP) is 2.97. The van der Waals surface area contributed by atoms with Crippen molar-refractivity contribution in [3.05, 3.63) is 59.4 Å². The van der Waals surface area contributed by atoms with E-state index in [1.807, 2.05) is 24.3 Å². The molecular weight excluding hydrogens is 227 g/mol. The van der Waals surface area contributed by atoms with E-state index in [-0.39, 0.29) is 5.82 Å². The van der Waals surface area contributed by atoms with E-state index >= 15 is 0 Å². The van der Waals surface area contributed by atoms with Gasteiger partial charge in [0, 0.05) is 24.5 Å². The molecule has 0 bridgehead atoms. The molecule has 0 spiro atoms. The summed E-state index contributed by atoms with van der Waals surface area (Å²) in [4.78, 5) is 2.29. The molecule has 0 radical (unpaired) electrons. The third-order valence-corrected chi connectivity index (χ3v) is 3.39. The maximum absolute atomic E-state index is 12.9. The second kappa shape index (κ2) is 4.33. The lowest BCUT2D eigenvalue weighted by molar-refractivity contribution is 0.626. The molecule has 2 aromatic carbocycles. The number of halogens is 1. The van der Waals surface area contributed by atoms with E-state index in [1.165, 1.54) is 23.4 Å². The van der Waals surface area contributed by atoms with Gasteiger partial charge in [-0.05, 0) is 41.8 Å². The number of hydrogen-bond donors (Lipinski definition) is 1. The van der Waals surface area contributed by atoms with Crippen LogP contribution < -0.4 is 10.6 Å². The Hall–Kier alpha value is -2.03. The molecule has 3 rings (SSSR count). The van der Waals surface area contributed by atoms with Gasteiger partial charge in [-0.2, -0.15) is 0 Å². The summed E-state index contributed by atoms with van der Waals surface area (Å²) in [5.41, 5.74) is 10.3. The number of nitrogens with two attached hydrogens (primary N) is 1.